The van der Waals surface area contributed by atoms with Crippen LogP contribution in [0.15, 0.2) is 55.1 Å². The van der Waals surface area contributed by atoms with Gasteiger partial charge in [0.1, 0.15) is 21.3 Å². The minimum Gasteiger partial charge on any atom is -0.495 e. The molecular weight excluding hydrogens is 566 g/mol. The van der Waals surface area contributed by atoms with Gasteiger partial charge >= 0.3 is 0 Å². The van der Waals surface area contributed by atoms with Crippen molar-refractivity contribution in [3.8, 4) is 11.5 Å². The molecule has 0 aromatic heterocycles. The highest BCUT2D eigenvalue weighted by Crippen LogP contribution is 2.29. The minimum absolute atomic E-state index is 0.0150. The molecular formula is C15H16Br2ClNO7S2. The summed E-state index contributed by atoms with van der Waals surface area (Å²) in [4.78, 5) is 6.28. The molecule has 28 heavy (non-hydrogen) atoms. The first-order chi connectivity index (χ1) is 13.0. The van der Waals surface area contributed by atoms with Crippen LogP contribution in [-0.2, 0) is 23.9 Å². The number of nitrogens with one attached hydrogen (secondary N) is 1. The zero-order chi connectivity index (χ0) is 21.5. The van der Waals surface area contributed by atoms with E-state index in [0.29, 0.717) is 8.95 Å². The zero-order valence-corrected chi connectivity index (χ0v) is 20.3. The van der Waals surface area contributed by atoms with Crippen molar-refractivity contribution in [1.29, 1.82) is 0 Å². The normalized spacial score (nSPS) is 11.4. The van der Waals surface area contributed by atoms with Crippen LogP contribution in [0.1, 0.15) is 0 Å². The van der Waals surface area contributed by atoms with Gasteiger partial charge in [0.15, 0.2) is 0 Å². The fourth-order valence-corrected chi connectivity index (χ4v) is 4.91. The Balaban J connectivity index is 0.000000283. The van der Waals surface area contributed by atoms with Crippen molar-refractivity contribution in [2.24, 2.45) is 0 Å². The summed E-state index contributed by atoms with van der Waals surface area (Å²) in [5.74, 6) is 0.487. The maximum absolute atomic E-state index is 11.6. The van der Waals surface area contributed by atoms with Gasteiger partial charge in [-0.15, -0.1) is 0 Å². The number of halogens is 3. The number of benzene rings is 2. The van der Waals surface area contributed by atoms with Crippen LogP contribution >= 0.6 is 42.5 Å². The van der Waals surface area contributed by atoms with E-state index in [4.69, 9.17) is 20.2 Å². The van der Waals surface area contributed by atoms with E-state index in [0.717, 1.165) is 0 Å². The zero-order valence-electron chi connectivity index (χ0n) is 14.8. The first-order valence-corrected chi connectivity index (χ1v) is 12.5. The van der Waals surface area contributed by atoms with Gasteiger partial charge in [0.25, 0.3) is 19.1 Å². The van der Waals surface area contributed by atoms with E-state index >= 15 is 0 Å². The molecule has 2 rings (SSSR count). The van der Waals surface area contributed by atoms with Gasteiger partial charge in [-0.3, -0.25) is 4.84 Å². The number of hydrogen-bond donors (Lipinski definition) is 1. The summed E-state index contributed by atoms with van der Waals surface area (Å²) in [6, 6.07) is 9.25. The average Bonchev–Trinajstić information content (AvgIpc) is 2.61. The molecule has 0 aliphatic heterocycles. The van der Waals surface area contributed by atoms with Crippen LogP contribution < -0.4 is 14.4 Å². The second kappa shape index (κ2) is 10.8. The Morgan fingerprint density at radius 2 is 1.25 bits per heavy atom. The van der Waals surface area contributed by atoms with Crippen molar-refractivity contribution in [2.45, 2.75) is 9.79 Å². The van der Waals surface area contributed by atoms with Crippen molar-refractivity contribution in [1.82, 2.24) is 4.89 Å². The Kier molecular flexibility index (Phi) is 9.67. The lowest BCUT2D eigenvalue weighted by Gasteiger charge is -2.09. The van der Waals surface area contributed by atoms with Crippen molar-refractivity contribution >= 4 is 61.6 Å². The summed E-state index contributed by atoms with van der Waals surface area (Å²) in [7, 11) is 1.74. The van der Waals surface area contributed by atoms with Crippen molar-refractivity contribution < 1.29 is 31.1 Å². The highest BCUT2D eigenvalue weighted by atomic mass is 79.9. The fourth-order valence-electron chi connectivity index (χ4n) is 1.86. The van der Waals surface area contributed by atoms with Gasteiger partial charge in [0, 0.05) is 19.6 Å². The second-order valence-electron chi connectivity index (χ2n) is 4.82. The third-order valence-corrected chi connectivity index (χ3v) is 6.61. The van der Waals surface area contributed by atoms with Gasteiger partial charge in [0.05, 0.1) is 21.3 Å². The van der Waals surface area contributed by atoms with E-state index in [9.17, 15) is 16.8 Å². The Morgan fingerprint density at radius 3 is 1.64 bits per heavy atom. The van der Waals surface area contributed by atoms with Crippen LogP contribution in [-0.4, -0.2) is 38.2 Å². The topological polar surface area (TPSA) is 108 Å². The van der Waals surface area contributed by atoms with E-state index in [1.807, 2.05) is 4.89 Å². The van der Waals surface area contributed by atoms with Crippen molar-refractivity contribution in [2.75, 3.05) is 21.3 Å². The lowest BCUT2D eigenvalue weighted by atomic mass is 10.3. The smallest absolute Gasteiger partial charge is 0.266 e. The first-order valence-electron chi connectivity index (χ1n) is 7.12. The summed E-state index contributed by atoms with van der Waals surface area (Å²) < 4.78 is 56.4. The van der Waals surface area contributed by atoms with Gasteiger partial charge in [0.2, 0.25) is 0 Å². The summed E-state index contributed by atoms with van der Waals surface area (Å²) in [6.45, 7) is 0. The standard InChI is InChI=1S/C8H10BrNO4S.C7H6BrClO3S/c1-13-7-4-3-6(9)5-8(7)15(11,12)10-14-2;1-12-6-3-2-5(8)4-7(6)13(9,10)11/h3-5,10H,1-2H3;2-4H,1H3. The molecule has 1 N–H and O–H groups in total. The molecule has 0 heterocycles. The number of hydrogen-bond acceptors (Lipinski definition) is 7. The number of ether oxygens (including phenoxy) is 2. The molecule has 13 heteroatoms. The average molecular weight is 582 g/mol. The van der Waals surface area contributed by atoms with E-state index in [2.05, 4.69) is 36.7 Å². The lowest BCUT2D eigenvalue weighted by Crippen LogP contribution is -2.22. The predicted octanol–water partition coefficient (Wildman–Crippen LogP) is 3.68. The molecule has 0 spiro atoms. The largest absolute Gasteiger partial charge is 0.495 e. The predicted molar refractivity (Wildman–Crippen MR) is 112 cm³/mol. The number of methoxy groups -OCH3 is 2. The molecule has 0 aliphatic carbocycles. The highest BCUT2D eigenvalue weighted by Gasteiger charge is 2.19. The lowest BCUT2D eigenvalue weighted by molar-refractivity contribution is 0.153. The Labute approximate surface area is 184 Å². The van der Waals surface area contributed by atoms with Crippen LogP contribution in [0.2, 0.25) is 0 Å². The Morgan fingerprint density at radius 1 is 0.821 bits per heavy atom. The van der Waals surface area contributed by atoms with Crippen LogP contribution in [0.5, 0.6) is 11.5 Å². The summed E-state index contributed by atoms with van der Waals surface area (Å²) >= 11 is 6.32. The summed E-state index contributed by atoms with van der Waals surface area (Å²) in [5.41, 5.74) is 0. The molecule has 0 unspecified atom stereocenters. The molecule has 0 saturated carbocycles. The van der Waals surface area contributed by atoms with Crippen molar-refractivity contribution in [3.05, 3.63) is 45.3 Å². The molecule has 0 saturated heterocycles. The third kappa shape index (κ3) is 7.17. The van der Waals surface area contributed by atoms with Crippen molar-refractivity contribution in [3.63, 3.8) is 0 Å². The van der Waals surface area contributed by atoms with Crippen LogP contribution in [0.3, 0.4) is 0 Å². The maximum atomic E-state index is 11.6. The molecule has 0 bridgehead atoms. The van der Waals surface area contributed by atoms with Gasteiger partial charge in [-0.05, 0) is 36.4 Å². The maximum Gasteiger partial charge on any atom is 0.266 e. The number of rotatable bonds is 6. The SMILES string of the molecule is CONS(=O)(=O)c1cc(Br)ccc1OC.COc1ccc(Br)cc1S(=O)(=O)Cl. The molecule has 0 radical (unpaired) electrons. The minimum atomic E-state index is -3.75. The summed E-state index contributed by atoms with van der Waals surface area (Å²) in [5, 5.41) is 0. The van der Waals surface area contributed by atoms with Gasteiger partial charge in [-0.2, -0.15) is 0 Å². The highest BCUT2D eigenvalue weighted by molar-refractivity contribution is 9.10. The summed E-state index contributed by atoms with van der Waals surface area (Å²) in [6.07, 6.45) is 0. The molecule has 8 nitrogen and oxygen atoms in total. The molecule has 0 aliphatic rings. The Bertz CT molecular complexity index is 1030. The molecule has 2 aromatic rings. The fraction of sp³-hybridized carbons (Fsp3) is 0.200. The van der Waals surface area contributed by atoms with Gasteiger partial charge < -0.3 is 9.47 Å². The second-order valence-corrected chi connectivity index (χ2v) is 10.8. The molecule has 156 valence electrons. The third-order valence-electron chi connectivity index (χ3n) is 3.00. The van der Waals surface area contributed by atoms with E-state index in [-0.39, 0.29) is 21.3 Å². The quantitative estimate of drug-likeness (QED) is 0.410. The molecule has 0 amide bonds. The number of sulfonamides is 1. The van der Waals surface area contributed by atoms with Gasteiger partial charge in [-0.25, -0.2) is 16.8 Å². The monoisotopic (exact) mass is 579 g/mol. The molecule has 0 atom stereocenters. The first kappa shape index (κ1) is 25.1. The van der Waals surface area contributed by atoms with Crippen LogP contribution in [0, 0.1) is 0 Å². The van der Waals surface area contributed by atoms with Gasteiger partial charge in [-0.1, -0.05) is 36.7 Å². The Hall–Kier alpha value is -0.890. The molecule has 2 aromatic carbocycles. The van der Waals surface area contributed by atoms with Crippen LogP contribution in [0.25, 0.3) is 0 Å². The van der Waals surface area contributed by atoms with Crippen LogP contribution in [0.4, 0.5) is 0 Å². The van der Waals surface area contributed by atoms with E-state index < -0.39 is 19.1 Å². The molecule has 0 fully saturated rings. The van der Waals surface area contributed by atoms with E-state index in [1.54, 1.807) is 18.2 Å². The van der Waals surface area contributed by atoms with E-state index in [1.165, 1.54) is 39.5 Å².